The lowest BCUT2D eigenvalue weighted by Gasteiger charge is -2.41. The molecule has 142 valence electrons. The SMILES string of the molecule is CNCCCCCCN(C)C(=O)C1O[C@@H](OC)[C@@H](O)[C@@H](O)[C@H]1OC. The molecule has 8 nitrogen and oxygen atoms in total. The Morgan fingerprint density at radius 3 is 2.38 bits per heavy atom. The van der Waals surface area contributed by atoms with E-state index in [1.54, 1.807) is 11.9 Å². The molecule has 0 aromatic carbocycles. The standard InChI is InChI=1S/C16H32N2O6/c1-17-9-7-5-6-8-10-18(2)15(21)14-13(22-3)11(19)12(20)16(23-4)24-14/h11-14,16-17,19-20H,5-10H2,1-4H3/t11-,12+,13-,14?,16-/m1/s1. The summed E-state index contributed by atoms with van der Waals surface area (Å²) in [5.74, 6) is -0.287. The monoisotopic (exact) mass is 348 g/mol. The van der Waals surface area contributed by atoms with Crippen molar-refractivity contribution in [3.63, 3.8) is 0 Å². The maximum absolute atomic E-state index is 12.6. The summed E-state index contributed by atoms with van der Waals surface area (Å²) in [6.07, 6.45) is -1.35. The fourth-order valence-electron chi connectivity index (χ4n) is 2.83. The number of aliphatic hydroxyl groups is 2. The van der Waals surface area contributed by atoms with Gasteiger partial charge in [0.25, 0.3) is 5.91 Å². The highest BCUT2D eigenvalue weighted by atomic mass is 16.7. The van der Waals surface area contributed by atoms with Crippen molar-refractivity contribution >= 4 is 5.91 Å². The molecule has 1 saturated heterocycles. The van der Waals surface area contributed by atoms with Gasteiger partial charge in [-0.2, -0.15) is 0 Å². The van der Waals surface area contributed by atoms with Crippen molar-refractivity contribution in [1.29, 1.82) is 0 Å². The van der Waals surface area contributed by atoms with Crippen LogP contribution in [0.2, 0.25) is 0 Å². The first kappa shape index (κ1) is 21.3. The number of nitrogens with one attached hydrogen (secondary N) is 1. The van der Waals surface area contributed by atoms with Crippen LogP contribution in [0.4, 0.5) is 0 Å². The van der Waals surface area contributed by atoms with Crippen molar-refractivity contribution in [3.05, 3.63) is 0 Å². The Morgan fingerprint density at radius 1 is 1.12 bits per heavy atom. The first-order valence-electron chi connectivity index (χ1n) is 8.44. The molecular weight excluding hydrogens is 316 g/mol. The molecule has 24 heavy (non-hydrogen) atoms. The van der Waals surface area contributed by atoms with Crippen molar-refractivity contribution in [1.82, 2.24) is 10.2 Å². The molecule has 0 spiro atoms. The first-order valence-corrected chi connectivity index (χ1v) is 8.44. The third-order valence-electron chi connectivity index (χ3n) is 4.34. The van der Waals surface area contributed by atoms with Gasteiger partial charge in [-0.3, -0.25) is 4.79 Å². The number of hydrogen-bond donors (Lipinski definition) is 3. The fourth-order valence-corrected chi connectivity index (χ4v) is 2.83. The number of amides is 1. The molecule has 1 aliphatic rings. The van der Waals surface area contributed by atoms with E-state index in [-0.39, 0.29) is 5.91 Å². The number of likely N-dealkylation sites (N-methyl/N-ethyl adjacent to an activating group) is 1. The average molecular weight is 348 g/mol. The van der Waals surface area contributed by atoms with Gasteiger partial charge in [0.15, 0.2) is 12.4 Å². The third kappa shape index (κ3) is 5.65. The zero-order valence-electron chi connectivity index (χ0n) is 15.1. The Kier molecular flexibility index (Phi) is 9.72. The normalized spacial score (nSPS) is 30.3. The molecule has 5 atom stereocenters. The van der Waals surface area contributed by atoms with E-state index in [0.717, 1.165) is 32.2 Å². The molecule has 1 heterocycles. The molecule has 8 heteroatoms. The molecule has 1 aliphatic heterocycles. The first-order chi connectivity index (χ1) is 11.5. The Labute approximate surface area is 144 Å². The average Bonchev–Trinajstić information content (AvgIpc) is 2.59. The maximum Gasteiger partial charge on any atom is 0.254 e. The summed E-state index contributed by atoms with van der Waals surface area (Å²) in [4.78, 5) is 14.2. The molecule has 0 aromatic heterocycles. The summed E-state index contributed by atoms with van der Waals surface area (Å²) < 4.78 is 15.7. The number of nitrogens with zero attached hydrogens (tertiary/aromatic N) is 1. The van der Waals surface area contributed by atoms with Crippen LogP contribution < -0.4 is 5.32 Å². The van der Waals surface area contributed by atoms with E-state index in [9.17, 15) is 15.0 Å². The third-order valence-corrected chi connectivity index (χ3v) is 4.34. The van der Waals surface area contributed by atoms with E-state index < -0.39 is 30.7 Å². The molecule has 3 N–H and O–H groups in total. The van der Waals surface area contributed by atoms with Crippen LogP contribution >= 0.6 is 0 Å². The van der Waals surface area contributed by atoms with Gasteiger partial charge in [0.05, 0.1) is 0 Å². The topological polar surface area (TPSA) is 100 Å². The van der Waals surface area contributed by atoms with E-state index in [0.29, 0.717) is 6.54 Å². The Balaban J connectivity index is 2.53. The van der Waals surface area contributed by atoms with Crippen LogP contribution in [0.1, 0.15) is 25.7 Å². The molecule has 1 fully saturated rings. The quantitative estimate of drug-likeness (QED) is 0.450. The predicted molar refractivity (Wildman–Crippen MR) is 88.5 cm³/mol. The number of ether oxygens (including phenoxy) is 3. The van der Waals surface area contributed by atoms with Crippen molar-refractivity contribution in [2.75, 3.05) is 41.4 Å². The van der Waals surface area contributed by atoms with E-state index in [1.807, 2.05) is 7.05 Å². The number of methoxy groups -OCH3 is 2. The molecule has 1 amide bonds. The molecule has 1 unspecified atom stereocenters. The lowest BCUT2D eigenvalue weighted by Crippen LogP contribution is -2.62. The van der Waals surface area contributed by atoms with Crippen molar-refractivity contribution in [2.24, 2.45) is 0 Å². The van der Waals surface area contributed by atoms with Gasteiger partial charge >= 0.3 is 0 Å². The van der Waals surface area contributed by atoms with Gasteiger partial charge in [0, 0.05) is 27.8 Å². The second-order valence-electron chi connectivity index (χ2n) is 6.12. The van der Waals surface area contributed by atoms with Gasteiger partial charge in [-0.1, -0.05) is 12.8 Å². The molecule has 0 aromatic rings. The van der Waals surface area contributed by atoms with Crippen LogP contribution in [0.3, 0.4) is 0 Å². The van der Waals surface area contributed by atoms with E-state index >= 15 is 0 Å². The van der Waals surface area contributed by atoms with Crippen LogP contribution in [0.25, 0.3) is 0 Å². The van der Waals surface area contributed by atoms with E-state index in [1.165, 1.54) is 14.2 Å². The van der Waals surface area contributed by atoms with Gasteiger partial charge < -0.3 is 34.6 Å². The predicted octanol–water partition coefficient (Wildman–Crippen LogP) is -0.667. The summed E-state index contributed by atoms with van der Waals surface area (Å²) in [5.41, 5.74) is 0. The molecule has 1 rings (SSSR count). The number of hydrogen-bond acceptors (Lipinski definition) is 7. The van der Waals surface area contributed by atoms with Crippen molar-refractivity contribution < 1.29 is 29.2 Å². The highest BCUT2D eigenvalue weighted by molar-refractivity contribution is 5.81. The van der Waals surface area contributed by atoms with Crippen molar-refractivity contribution in [2.45, 2.75) is 56.4 Å². The minimum Gasteiger partial charge on any atom is -0.387 e. The molecular formula is C16H32N2O6. The summed E-state index contributed by atoms with van der Waals surface area (Å²) in [6, 6.07) is 0. The van der Waals surface area contributed by atoms with Gasteiger partial charge in [0.1, 0.15) is 18.3 Å². The lowest BCUT2D eigenvalue weighted by atomic mass is 9.97. The maximum atomic E-state index is 12.6. The summed E-state index contributed by atoms with van der Waals surface area (Å²) in [6.45, 7) is 1.60. The molecule has 0 bridgehead atoms. The van der Waals surface area contributed by atoms with E-state index in [4.69, 9.17) is 14.2 Å². The molecule has 0 aliphatic carbocycles. The summed E-state index contributed by atoms with van der Waals surface area (Å²) in [7, 11) is 6.36. The number of carbonyl (C=O) groups is 1. The van der Waals surface area contributed by atoms with Gasteiger partial charge in [0.2, 0.25) is 0 Å². The Morgan fingerprint density at radius 2 is 1.79 bits per heavy atom. The van der Waals surface area contributed by atoms with Crippen LogP contribution in [0.5, 0.6) is 0 Å². The van der Waals surface area contributed by atoms with Crippen LogP contribution in [0, 0.1) is 0 Å². The number of unbranched alkanes of at least 4 members (excludes halogenated alkanes) is 3. The van der Waals surface area contributed by atoms with Gasteiger partial charge in [-0.05, 0) is 26.4 Å². The second-order valence-corrected chi connectivity index (χ2v) is 6.12. The van der Waals surface area contributed by atoms with Crippen LogP contribution in [-0.2, 0) is 19.0 Å². The zero-order chi connectivity index (χ0) is 18.1. The molecule has 0 radical (unpaired) electrons. The minimum atomic E-state index is -1.26. The summed E-state index contributed by atoms with van der Waals surface area (Å²) in [5, 5.41) is 23.1. The number of carbonyl (C=O) groups excluding carboxylic acids is 1. The Bertz CT molecular complexity index is 370. The van der Waals surface area contributed by atoms with Gasteiger partial charge in [-0.15, -0.1) is 0 Å². The van der Waals surface area contributed by atoms with Crippen molar-refractivity contribution in [3.8, 4) is 0 Å². The number of aliphatic hydroxyl groups excluding tert-OH is 2. The van der Waals surface area contributed by atoms with Crippen LogP contribution in [-0.4, -0.2) is 93.1 Å². The molecule has 0 saturated carbocycles. The minimum absolute atomic E-state index is 0.287. The smallest absolute Gasteiger partial charge is 0.254 e. The van der Waals surface area contributed by atoms with Crippen LogP contribution in [0.15, 0.2) is 0 Å². The fraction of sp³-hybridized carbons (Fsp3) is 0.938. The van der Waals surface area contributed by atoms with E-state index in [2.05, 4.69) is 5.32 Å². The Hall–Kier alpha value is -0.770. The number of rotatable bonds is 10. The lowest BCUT2D eigenvalue weighted by molar-refractivity contribution is -0.289. The zero-order valence-corrected chi connectivity index (χ0v) is 15.1. The summed E-state index contributed by atoms with van der Waals surface area (Å²) >= 11 is 0. The second kappa shape index (κ2) is 11.0. The van der Waals surface area contributed by atoms with Gasteiger partial charge in [-0.25, -0.2) is 0 Å². The largest absolute Gasteiger partial charge is 0.387 e. The highest BCUT2D eigenvalue weighted by Gasteiger charge is 2.48. The highest BCUT2D eigenvalue weighted by Crippen LogP contribution is 2.25.